The van der Waals surface area contributed by atoms with Gasteiger partial charge in [-0.15, -0.1) is 0 Å². The number of nitrogens with one attached hydrogen (secondary N) is 2. The van der Waals surface area contributed by atoms with Gasteiger partial charge in [-0.2, -0.15) is 0 Å². The van der Waals surface area contributed by atoms with Gasteiger partial charge in [0.05, 0.1) is 19.3 Å². The molecule has 1 heterocycles. The van der Waals surface area contributed by atoms with Crippen LogP contribution in [0.4, 0.5) is 10.5 Å². The Morgan fingerprint density at radius 1 is 1.12 bits per heavy atom. The summed E-state index contributed by atoms with van der Waals surface area (Å²) in [5.41, 5.74) is 5.97. The van der Waals surface area contributed by atoms with Crippen molar-refractivity contribution in [2.45, 2.75) is 33.2 Å². The third-order valence-electron chi connectivity index (χ3n) is 4.06. The molecule has 126 valence electrons. The van der Waals surface area contributed by atoms with E-state index >= 15 is 0 Å². The van der Waals surface area contributed by atoms with Crippen molar-refractivity contribution in [3.63, 3.8) is 0 Å². The van der Waals surface area contributed by atoms with E-state index in [1.54, 1.807) is 0 Å². The Balaban J connectivity index is 1.55. The van der Waals surface area contributed by atoms with Crippen molar-refractivity contribution in [3.05, 3.63) is 64.2 Å². The lowest BCUT2D eigenvalue weighted by Gasteiger charge is -2.14. The lowest BCUT2D eigenvalue weighted by molar-refractivity contribution is 0.134. The molecular formula is C19H22N2O3. The van der Waals surface area contributed by atoms with E-state index in [1.165, 1.54) is 0 Å². The standard InChI is InChI=1S/C19H22N2O3/c1-12-5-13(2)7-15(6-12)18(22)9-20-19(23)21-17-4-3-14-10-24-11-16(14)8-17/h3-8,18,22H,9-11H2,1-2H3,(H2,20,21,23)/t18-/m1/s1. The maximum Gasteiger partial charge on any atom is 0.319 e. The van der Waals surface area contributed by atoms with Gasteiger partial charge in [-0.05, 0) is 42.7 Å². The van der Waals surface area contributed by atoms with Crippen LogP contribution in [0.5, 0.6) is 0 Å². The zero-order valence-electron chi connectivity index (χ0n) is 13.9. The predicted octanol–water partition coefficient (Wildman–Crippen LogP) is 3.19. The number of amides is 2. The second-order valence-corrected chi connectivity index (χ2v) is 6.25. The molecule has 0 saturated carbocycles. The number of aliphatic hydroxyl groups is 1. The highest BCUT2D eigenvalue weighted by molar-refractivity contribution is 5.89. The van der Waals surface area contributed by atoms with Crippen LogP contribution in [-0.2, 0) is 18.0 Å². The third-order valence-corrected chi connectivity index (χ3v) is 4.06. The van der Waals surface area contributed by atoms with E-state index in [0.717, 1.165) is 33.5 Å². The van der Waals surface area contributed by atoms with Crippen molar-refractivity contribution < 1.29 is 14.6 Å². The Morgan fingerprint density at radius 3 is 2.58 bits per heavy atom. The molecule has 0 fully saturated rings. The molecule has 1 atom stereocenters. The van der Waals surface area contributed by atoms with Crippen molar-refractivity contribution in [1.82, 2.24) is 5.32 Å². The molecule has 24 heavy (non-hydrogen) atoms. The minimum atomic E-state index is -0.734. The Bertz CT molecular complexity index is 738. The first-order valence-electron chi connectivity index (χ1n) is 8.02. The van der Waals surface area contributed by atoms with Gasteiger partial charge < -0.3 is 20.5 Å². The summed E-state index contributed by atoms with van der Waals surface area (Å²) in [6.07, 6.45) is -0.734. The van der Waals surface area contributed by atoms with E-state index in [2.05, 4.69) is 10.6 Å². The maximum atomic E-state index is 12.0. The maximum absolute atomic E-state index is 12.0. The highest BCUT2D eigenvalue weighted by Crippen LogP contribution is 2.23. The zero-order chi connectivity index (χ0) is 17.1. The van der Waals surface area contributed by atoms with Crippen LogP contribution >= 0.6 is 0 Å². The number of aliphatic hydroxyl groups excluding tert-OH is 1. The number of carbonyl (C=O) groups excluding carboxylic acids is 1. The Labute approximate surface area is 141 Å². The molecule has 0 radical (unpaired) electrons. The van der Waals surface area contributed by atoms with Crippen LogP contribution in [0, 0.1) is 13.8 Å². The molecule has 0 bridgehead atoms. The molecule has 2 aromatic carbocycles. The van der Waals surface area contributed by atoms with E-state index in [1.807, 2.05) is 50.2 Å². The van der Waals surface area contributed by atoms with Gasteiger partial charge in [-0.1, -0.05) is 35.4 Å². The molecule has 0 saturated heterocycles. The molecule has 0 spiro atoms. The van der Waals surface area contributed by atoms with Crippen LogP contribution in [0.15, 0.2) is 36.4 Å². The monoisotopic (exact) mass is 326 g/mol. The van der Waals surface area contributed by atoms with Crippen LogP contribution in [0.25, 0.3) is 0 Å². The molecule has 3 N–H and O–H groups in total. The van der Waals surface area contributed by atoms with Crippen LogP contribution in [0.3, 0.4) is 0 Å². The summed E-state index contributed by atoms with van der Waals surface area (Å²) >= 11 is 0. The zero-order valence-corrected chi connectivity index (χ0v) is 13.9. The molecule has 2 amide bonds. The number of carbonyl (C=O) groups is 1. The van der Waals surface area contributed by atoms with E-state index in [9.17, 15) is 9.90 Å². The summed E-state index contributed by atoms with van der Waals surface area (Å²) in [5.74, 6) is 0. The molecule has 0 aromatic heterocycles. The summed E-state index contributed by atoms with van der Waals surface area (Å²) in [6, 6.07) is 11.3. The number of aryl methyl sites for hydroxylation is 2. The van der Waals surface area contributed by atoms with E-state index in [4.69, 9.17) is 4.74 Å². The number of urea groups is 1. The molecule has 1 aliphatic rings. The number of ether oxygens (including phenoxy) is 1. The number of hydrogen-bond acceptors (Lipinski definition) is 3. The first kappa shape index (κ1) is 16.5. The van der Waals surface area contributed by atoms with Gasteiger partial charge in [0.15, 0.2) is 0 Å². The van der Waals surface area contributed by atoms with Crippen molar-refractivity contribution in [1.29, 1.82) is 0 Å². The summed E-state index contributed by atoms with van der Waals surface area (Å²) in [5, 5.41) is 15.7. The van der Waals surface area contributed by atoms with E-state index in [-0.39, 0.29) is 12.6 Å². The first-order valence-corrected chi connectivity index (χ1v) is 8.02. The molecule has 1 aliphatic heterocycles. The fourth-order valence-corrected chi connectivity index (χ4v) is 2.93. The third kappa shape index (κ3) is 3.93. The lowest BCUT2D eigenvalue weighted by atomic mass is 10.0. The Morgan fingerprint density at radius 2 is 1.83 bits per heavy atom. The average Bonchev–Trinajstić information content (AvgIpc) is 2.99. The van der Waals surface area contributed by atoms with Crippen LogP contribution in [0.2, 0.25) is 0 Å². The minimum absolute atomic E-state index is 0.156. The van der Waals surface area contributed by atoms with E-state index < -0.39 is 6.10 Å². The number of rotatable bonds is 4. The van der Waals surface area contributed by atoms with Crippen LogP contribution in [-0.4, -0.2) is 17.7 Å². The van der Waals surface area contributed by atoms with Crippen molar-refractivity contribution in [2.75, 3.05) is 11.9 Å². The van der Waals surface area contributed by atoms with Gasteiger partial charge in [-0.3, -0.25) is 0 Å². The van der Waals surface area contributed by atoms with Crippen molar-refractivity contribution >= 4 is 11.7 Å². The van der Waals surface area contributed by atoms with Crippen molar-refractivity contribution in [3.8, 4) is 0 Å². The highest BCUT2D eigenvalue weighted by atomic mass is 16.5. The van der Waals surface area contributed by atoms with Gasteiger partial charge in [0.1, 0.15) is 0 Å². The quantitative estimate of drug-likeness (QED) is 0.808. The second kappa shape index (κ2) is 7.03. The van der Waals surface area contributed by atoms with Crippen LogP contribution in [0.1, 0.15) is 33.9 Å². The smallest absolute Gasteiger partial charge is 0.319 e. The molecular weight excluding hydrogens is 304 g/mol. The Kier molecular flexibility index (Phi) is 4.83. The van der Waals surface area contributed by atoms with Gasteiger partial charge in [0.25, 0.3) is 0 Å². The summed E-state index contributed by atoms with van der Waals surface area (Å²) in [6.45, 7) is 5.34. The molecule has 5 nitrogen and oxygen atoms in total. The average molecular weight is 326 g/mol. The normalized spacial score (nSPS) is 14.1. The predicted molar refractivity (Wildman–Crippen MR) is 92.8 cm³/mol. The molecule has 0 aliphatic carbocycles. The molecule has 2 aromatic rings. The lowest BCUT2D eigenvalue weighted by Crippen LogP contribution is -2.32. The van der Waals surface area contributed by atoms with Gasteiger partial charge in [0, 0.05) is 12.2 Å². The number of benzene rings is 2. The number of hydrogen-bond donors (Lipinski definition) is 3. The summed E-state index contributed by atoms with van der Waals surface area (Å²) < 4.78 is 5.36. The number of fused-ring (bicyclic) bond motifs is 1. The largest absolute Gasteiger partial charge is 0.387 e. The SMILES string of the molecule is Cc1cc(C)cc([C@H](O)CNC(=O)Nc2ccc3c(c2)COC3)c1. The Hall–Kier alpha value is -2.37. The molecule has 3 rings (SSSR count). The van der Waals surface area contributed by atoms with Crippen LogP contribution < -0.4 is 10.6 Å². The minimum Gasteiger partial charge on any atom is -0.387 e. The first-order chi connectivity index (χ1) is 11.5. The summed E-state index contributed by atoms with van der Waals surface area (Å²) in [4.78, 5) is 12.0. The van der Waals surface area contributed by atoms with Gasteiger partial charge >= 0.3 is 6.03 Å². The van der Waals surface area contributed by atoms with Gasteiger partial charge in [0.2, 0.25) is 0 Å². The topological polar surface area (TPSA) is 70.6 Å². The summed E-state index contributed by atoms with van der Waals surface area (Å²) in [7, 11) is 0. The second-order valence-electron chi connectivity index (χ2n) is 6.25. The van der Waals surface area contributed by atoms with Gasteiger partial charge in [-0.25, -0.2) is 4.79 Å². The fraction of sp³-hybridized carbons (Fsp3) is 0.316. The fourth-order valence-electron chi connectivity index (χ4n) is 2.93. The number of anilines is 1. The molecule has 5 heteroatoms. The highest BCUT2D eigenvalue weighted by Gasteiger charge is 2.13. The van der Waals surface area contributed by atoms with E-state index in [0.29, 0.717) is 13.2 Å². The molecule has 0 unspecified atom stereocenters. The van der Waals surface area contributed by atoms with Crippen molar-refractivity contribution in [2.24, 2.45) is 0 Å².